The highest BCUT2D eigenvalue weighted by Gasteiger charge is 2.26. The van der Waals surface area contributed by atoms with Gasteiger partial charge < -0.3 is 5.32 Å². The van der Waals surface area contributed by atoms with Crippen molar-refractivity contribution in [3.8, 4) is 0 Å². The average Bonchev–Trinajstić information content (AvgIpc) is 2.89. The second kappa shape index (κ2) is 6.72. The van der Waals surface area contributed by atoms with Crippen LogP contribution >= 0.6 is 11.3 Å². The second-order valence-electron chi connectivity index (χ2n) is 6.22. The minimum absolute atomic E-state index is 0.303. The largest absolute Gasteiger partial charge is 0.356 e. The smallest absolute Gasteiger partial charge is 0.223 e. The van der Waals surface area contributed by atoms with Gasteiger partial charge in [0.2, 0.25) is 5.91 Å². The highest BCUT2D eigenvalue weighted by molar-refractivity contribution is 7.07. The predicted molar refractivity (Wildman–Crippen MR) is 82.7 cm³/mol. The second-order valence-corrected chi connectivity index (χ2v) is 7.00. The van der Waals surface area contributed by atoms with Crippen LogP contribution in [-0.4, -0.2) is 30.4 Å². The molecule has 1 aromatic heterocycles. The summed E-state index contributed by atoms with van der Waals surface area (Å²) in [5.41, 5.74) is 1.44. The molecule has 0 atom stereocenters. The molecule has 0 bridgehead atoms. The molecule has 1 saturated carbocycles. The first-order valence-corrected chi connectivity index (χ1v) is 8.76. The van der Waals surface area contributed by atoms with Crippen molar-refractivity contribution in [2.45, 2.75) is 38.6 Å². The molecule has 0 unspecified atom stereocenters. The summed E-state index contributed by atoms with van der Waals surface area (Å²) in [5, 5.41) is 7.55. The Labute approximate surface area is 125 Å². The molecule has 1 aliphatic heterocycles. The van der Waals surface area contributed by atoms with Crippen molar-refractivity contribution < 1.29 is 4.79 Å². The van der Waals surface area contributed by atoms with Crippen molar-refractivity contribution in [2.24, 2.45) is 11.8 Å². The van der Waals surface area contributed by atoms with Crippen LogP contribution in [0.2, 0.25) is 0 Å². The summed E-state index contributed by atoms with van der Waals surface area (Å²) in [6.07, 6.45) is 5.87. The summed E-state index contributed by atoms with van der Waals surface area (Å²) < 4.78 is 0. The zero-order valence-electron chi connectivity index (χ0n) is 12.0. The normalized spacial score (nSPS) is 21.6. The molecule has 4 heteroatoms. The molecular weight excluding hydrogens is 268 g/mol. The lowest BCUT2D eigenvalue weighted by atomic mass is 9.84. The quantitative estimate of drug-likeness (QED) is 0.905. The van der Waals surface area contributed by atoms with E-state index in [1.54, 1.807) is 11.3 Å². The van der Waals surface area contributed by atoms with Gasteiger partial charge in [-0.15, -0.1) is 0 Å². The molecule has 1 amide bonds. The summed E-state index contributed by atoms with van der Waals surface area (Å²) in [5.74, 6) is 1.31. The molecule has 1 aliphatic carbocycles. The number of nitrogens with one attached hydrogen (secondary N) is 1. The van der Waals surface area contributed by atoms with Gasteiger partial charge in [0.05, 0.1) is 0 Å². The van der Waals surface area contributed by atoms with E-state index in [2.05, 4.69) is 27.0 Å². The molecule has 2 fully saturated rings. The molecule has 0 spiro atoms. The Morgan fingerprint density at radius 3 is 2.70 bits per heavy atom. The SMILES string of the molecule is O=C(NCC1CCN(Cc2ccsc2)CC1)C1CCC1. The third kappa shape index (κ3) is 3.61. The average molecular weight is 292 g/mol. The molecule has 2 aliphatic rings. The van der Waals surface area contributed by atoms with Gasteiger partial charge in [-0.25, -0.2) is 0 Å². The molecule has 1 N–H and O–H groups in total. The minimum Gasteiger partial charge on any atom is -0.356 e. The number of nitrogens with zero attached hydrogens (tertiary/aromatic N) is 1. The van der Waals surface area contributed by atoms with Crippen molar-refractivity contribution in [2.75, 3.05) is 19.6 Å². The van der Waals surface area contributed by atoms with Crippen LogP contribution in [0.25, 0.3) is 0 Å². The van der Waals surface area contributed by atoms with Crippen LogP contribution in [0.5, 0.6) is 0 Å². The van der Waals surface area contributed by atoms with E-state index in [0.29, 0.717) is 17.7 Å². The molecule has 110 valence electrons. The van der Waals surface area contributed by atoms with Crippen LogP contribution in [0.15, 0.2) is 16.8 Å². The van der Waals surface area contributed by atoms with E-state index in [0.717, 1.165) is 25.9 Å². The van der Waals surface area contributed by atoms with E-state index < -0.39 is 0 Å². The van der Waals surface area contributed by atoms with Gasteiger partial charge in [-0.1, -0.05) is 6.42 Å². The Balaban J connectivity index is 1.34. The Morgan fingerprint density at radius 2 is 2.10 bits per heavy atom. The van der Waals surface area contributed by atoms with Gasteiger partial charge in [0, 0.05) is 19.0 Å². The van der Waals surface area contributed by atoms with E-state index in [4.69, 9.17) is 0 Å². The van der Waals surface area contributed by atoms with Gasteiger partial charge in [0.25, 0.3) is 0 Å². The van der Waals surface area contributed by atoms with E-state index in [1.807, 2.05) is 0 Å². The molecule has 3 rings (SSSR count). The van der Waals surface area contributed by atoms with Crippen LogP contribution in [0.4, 0.5) is 0 Å². The lowest BCUT2D eigenvalue weighted by molar-refractivity contribution is -0.127. The van der Waals surface area contributed by atoms with E-state index >= 15 is 0 Å². The molecule has 2 heterocycles. The lowest BCUT2D eigenvalue weighted by Crippen LogP contribution is -2.41. The van der Waals surface area contributed by atoms with Gasteiger partial charge in [-0.2, -0.15) is 11.3 Å². The van der Waals surface area contributed by atoms with Crippen molar-refractivity contribution in [3.05, 3.63) is 22.4 Å². The standard InChI is InChI=1S/C16H24N2OS/c19-16(15-2-1-3-15)17-10-13-4-7-18(8-5-13)11-14-6-9-20-12-14/h6,9,12-13,15H,1-5,7-8,10-11H2,(H,17,19). The maximum absolute atomic E-state index is 11.8. The first-order valence-electron chi connectivity index (χ1n) is 7.82. The predicted octanol–water partition coefficient (Wildman–Crippen LogP) is 2.88. The number of hydrogen-bond acceptors (Lipinski definition) is 3. The summed E-state index contributed by atoms with van der Waals surface area (Å²) in [4.78, 5) is 14.4. The van der Waals surface area contributed by atoms with Crippen LogP contribution in [0, 0.1) is 11.8 Å². The first kappa shape index (κ1) is 14.1. The number of likely N-dealkylation sites (tertiary alicyclic amines) is 1. The fraction of sp³-hybridized carbons (Fsp3) is 0.688. The van der Waals surface area contributed by atoms with Crippen molar-refractivity contribution >= 4 is 17.2 Å². The molecule has 0 radical (unpaired) electrons. The number of piperidine rings is 1. The van der Waals surface area contributed by atoms with Crippen LogP contribution in [0.1, 0.15) is 37.7 Å². The first-order chi connectivity index (χ1) is 9.81. The number of carbonyl (C=O) groups excluding carboxylic acids is 1. The molecular formula is C16H24N2OS. The van der Waals surface area contributed by atoms with Crippen molar-refractivity contribution in [1.29, 1.82) is 0 Å². The summed E-state index contributed by atoms with van der Waals surface area (Å²) in [6, 6.07) is 2.22. The fourth-order valence-corrected chi connectivity index (χ4v) is 3.71. The summed E-state index contributed by atoms with van der Waals surface area (Å²) in [6.45, 7) is 4.31. The Bertz CT molecular complexity index is 420. The van der Waals surface area contributed by atoms with Crippen LogP contribution in [0.3, 0.4) is 0 Å². The number of amides is 1. The molecule has 1 aromatic rings. The maximum Gasteiger partial charge on any atom is 0.223 e. The third-order valence-electron chi connectivity index (χ3n) is 4.73. The topological polar surface area (TPSA) is 32.3 Å². The fourth-order valence-electron chi connectivity index (χ4n) is 3.05. The third-order valence-corrected chi connectivity index (χ3v) is 5.47. The van der Waals surface area contributed by atoms with Crippen LogP contribution < -0.4 is 5.32 Å². The zero-order valence-corrected chi connectivity index (χ0v) is 12.8. The van der Waals surface area contributed by atoms with E-state index in [1.165, 1.54) is 37.9 Å². The van der Waals surface area contributed by atoms with Crippen LogP contribution in [-0.2, 0) is 11.3 Å². The van der Waals surface area contributed by atoms with E-state index in [-0.39, 0.29) is 0 Å². The molecule has 20 heavy (non-hydrogen) atoms. The highest BCUT2D eigenvalue weighted by Crippen LogP contribution is 2.26. The van der Waals surface area contributed by atoms with Crippen molar-refractivity contribution in [1.82, 2.24) is 10.2 Å². The Morgan fingerprint density at radius 1 is 1.30 bits per heavy atom. The monoisotopic (exact) mass is 292 g/mol. The Hall–Kier alpha value is -0.870. The summed E-state index contributed by atoms with van der Waals surface area (Å²) in [7, 11) is 0. The molecule has 0 aromatic carbocycles. The minimum atomic E-state index is 0.303. The number of hydrogen-bond donors (Lipinski definition) is 1. The lowest BCUT2D eigenvalue weighted by Gasteiger charge is -2.32. The number of carbonyl (C=O) groups is 1. The van der Waals surface area contributed by atoms with E-state index in [9.17, 15) is 4.79 Å². The number of thiophene rings is 1. The Kier molecular flexibility index (Phi) is 4.73. The highest BCUT2D eigenvalue weighted by atomic mass is 32.1. The van der Waals surface area contributed by atoms with Gasteiger partial charge in [0.1, 0.15) is 0 Å². The number of rotatable bonds is 5. The maximum atomic E-state index is 11.8. The van der Waals surface area contributed by atoms with Gasteiger partial charge >= 0.3 is 0 Å². The molecule has 3 nitrogen and oxygen atoms in total. The zero-order chi connectivity index (χ0) is 13.8. The molecule has 1 saturated heterocycles. The van der Waals surface area contributed by atoms with Gasteiger partial charge in [-0.05, 0) is 67.1 Å². The van der Waals surface area contributed by atoms with Gasteiger partial charge in [-0.3, -0.25) is 9.69 Å². The van der Waals surface area contributed by atoms with Crippen molar-refractivity contribution in [3.63, 3.8) is 0 Å². The summed E-state index contributed by atoms with van der Waals surface area (Å²) >= 11 is 1.78. The van der Waals surface area contributed by atoms with Gasteiger partial charge in [0.15, 0.2) is 0 Å².